The molecule has 10 nitrogen and oxygen atoms in total. The molecule has 4 rings (SSSR count). The summed E-state index contributed by atoms with van der Waals surface area (Å²) in [6, 6.07) is 22.9. The fourth-order valence-electron chi connectivity index (χ4n) is 6.76. The Hall–Kier alpha value is -2.84. The van der Waals surface area contributed by atoms with Crippen molar-refractivity contribution in [3.05, 3.63) is 96.1 Å². The Kier molecular flexibility index (Phi) is 25.4. The van der Waals surface area contributed by atoms with Crippen LogP contribution in [-0.4, -0.2) is 68.8 Å². The van der Waals surface area contributed by atoms with Gasteiger partial charge >= 0.3 is 37.7 Å². The van der Waals surface area contributed by atoms with Crippen LogP contribution < -0.4 is 14.6 Å². The number of hydrogen-bond donors (Lipinski definition) is 2. The molecule has 0 amide bonds. The molecule has 59 heavy (non-hydrogen) atoms. The van der Waals surface area contributed by atoms with E-state index in [1.165, 1.54) is 88.5 Å². The number of hydrogen-bond acceptors (Lipinski definition) is 9. The van der Waals surface area contributed by atoms with E-state index in [9.17, 15) is 36.2 Å². The Morgan fingerprint density at radius 3 is 1.31 bits per heavy atom. The van der Waals surface area contributed by atoms with Gasteiger partial charge in [0.25, 0.3) is 10.1 Å². The number of benzene rings is 4. The number of aromatic hydroxyl groups is 1. The normalized spacial score (nSPS) is 11.3. The van der Waals surface area contributed by atoms with E-state index in [1.54, 1.807) is 36.4 Å². The largest absolute Gasteiger partial charge is 2.00 e. The van der Waals surface area contributed by atoms with Crippen molar-refractivity contribution < 1.29 is 45.6 Å². The average Bonchev–Trinajstić information content (AvgIpc) is 3.19. The van der Waals surface area contributed by atoms with E-state index in [0.29, 0.717) is 24.3 Å². The summed E-state index contributed by atoms with van der Waals surface area (Å²) < 4.78 is 79.1. The fourth-order valence-corrected chi connectivity index (χ4v) is 8.24. The molecular formula is C46H62CaO10S2. The van der Waals surface area contributed by atoms with Gasteiger partial charge in [-0.1, -0.05) is 159 Å². The molecule has 0 aliphatic heterocycles. The maximum atomic E-state index is 12.8. The zero-order valence-electron chi connectivity index (χ0n) is 34.9. The van der Waals surface area contributed by atoms with Crippen LogP contribution in [0.2, 0.25) is 0 Å². The predicted octanol–water partition coefficient (Wildman–Crippen LogP) is 11.7. The van der Waals surface area contributed by atoms with Gasteiger partial charge in [0.1, 0.15) is 32.3 Å². The molecule has 0 fully saturated rings. The van der Waals surface area contributed by atoms with Crippen molar-refractivity contribution in [1.82, 2.24) is 0 Å². The minimum absolute atomic E-state index is 0. The minimum atomic E-state index is -4.71. The van der Waals surface area contributed by atoms with E-state index in [2.05, 4.69) is 13.8 Å². The summed E-state index contributed by atoms with van der Waals surface area (Å²) in [4.78, 5) is -0.683. The van der Waals surface area contributed by atoms with Crippen molar-refractivity contribution >= 4 is 58.0 Å². The monoisotopic (exact) mass is 878 g/mol. The molecule has 0 spiro atoms. The van der Waals surface area contributed by atoms with E-state index in [4.69, 9.17) is 9.47 Å². The molecule has 0 saturated carbocycles. The number of unbranched alkanes of at least 4 members (excludes halogenated alkanes) is 16. The molecule has 0 unspecified atom stereocenters. The molecule has 0 aliphatic carbocycles. The van der Waals surface area contributed by atoms with Crippen LogP contribution in [0.1, 0.15) is 141 Å². The van der Waals surface area contributed by atoms with Crippen molar-refractivity contribution in [3.63, 3.8) is 0 Å². The third-order valence-corrected chi connectivity index (χ3v) is 11.8. The molecule has 13 heteroatoms. The Morgan fingerprint density at radius 2 is 0.881 bits per heavy atom. The molecular weight excluding hydrogens is 817 g/mol. The van der Waals surface area contributed by atoms with Gasteiger partial charge in [-0.05, 0) is 79.8 Å². The molecule has 320 valence electrons. The first-order valence-corrected chi connectivity index (χ1v) is 23.8. The van der Waals surface area contributed by atoms with E-state index in [0.717, 1.165) is 44.9 Å². The van der Waals surface area contributed by atoms with Crippen LogP contribution in [0.5, 0.6) is 34.5 Å². The van der Waals surface area contributed by atoms with Crippen molar-refractivity contribution in [1.29, 1.82) is 0 Å². The standard InChI is InChI=1S/2C23H32O5S.Ca/c2*1-2-3-4-5-6-7-8-9-13-16-20-22(29(25,26)27)18-17-21(23(20)24)28-19-14-11-10-12-15-19;/h2*10-12,14-15,17-18,24H,2-9,13,16H2,1H3,(H,25,26,27);/q;;+2/p-2. The molecule has 4 aromatic rings. The maximum Gasteiger partial charge on any atom is 2.00 e. The molecule has 0 radical (unpaired) electrons. The first-order valence-electron chi connectivity index (χ1n) is 20.9. The minimum Gasteiger partial charge on any atom is -0.870 e. The first-order chi connectivity index (χ1) is 27.9. The topological polar surface area (TPSA) is 173 Å². The van der Waals surface area contributed by atoms with Crippen molar-refractivity contribution in [2.75, 3.05) is 0 Å². The number of para-hydroxylation sites is 2. The van der Waals surface area contributed by atoms with Gasteiger partial charge < -0.3 is 24.2 Å². The van der Waals surface area contributed by atoms with Crippen LogP contribution in [-0.2, 0) is 33.1 Å². The van der Waals surface area contributed by atoms with Crippen LogP contribution >= 0.6 is 0 Å². The van der Waals surface area contributed by atoms with Gasteiger partial charge in [-0.2, -0.15) is 8.42 Å². The van der Waals surface area contributed by atoms with Crippen LogP contribution in [0.15, 0.2) is 94.7 Å². The van der Waals surface area contributed by atoms with Crippen molar-refractivity contribution in [2.24, 2.45) is 0 Å². The summed E-state index contributed by atoms with van der Waals surface area (Å²) in [5.74, 6) is 0.478. The third kappa shape index (κ3) is 19.6. The second-order valence-corrected chi connectivity index (χ2v) is 17.4. The van der Waals surface area contributed by atoms with E-state index in [-0.39, 0.29) is 77.4 Å². The van der Waals surface area contributed by atoms with Crippen LogP contribution in [0.25, 0.3) is 0 Å². The second-order valence-electron chi connectivity index (χ2n) is 14.7. The van der Waals surface area contributed by atoms with Gasteiger partial charge in [-0.25, -0.2) is 8.42 Å². The molecule has 0 aliphatic rings. The van der Waals surface area contributed by atoms with Crippen LogP contribution in [0.4, 0.5) is 0 Å². The Bertz CT molecular complexity index is 1850. The van der Waals surface area contributed by atoms with Gasteiger partial charge in [0.2, 0.25) is 0 Å². The molecule has 0 bridgehead atoms. The van der Waals surface area contributed by atoms with Gasteiger partial charge in [-0.15, -0.1) is 0 Å². The van der Waals surface area contributed by atoms with Gasteiger partial charge in [0.05, 0.1) is 4.90 Å². The number of ether oxygens (including phenoxy) is 2. The van der Waals surface area contributed by atoms with Gasteiger partial charge in [0, 0.05) is 5.56 Å². The summed E-state index contributed by atoms with van der Waals surface area (Å²) in [6.45, 7) is 4.40. The number of phenolic OH excluding ortho intramolecular Hbond substituents is 1. The fraction of sp³-hybridized carbons (Fsp3) is 0.478. The van der Waals surface area contributed by atoms with Gasteiger partial charge in [0.15, 0.2) is 11.5 Å². The Labute approximate surface area is 383 Å². The smallest absolute Gasteiger partial charge is 0.870 e. The van der Waals surface area contributed by atoms with E-state index < -0.39 is 30.9 Å². The maximum absolute atomic E-state index is 12.8. The molecule has 0 heterocycles. The zero-order valence-corrected chi connectivity index (χ0v) is 38.8. The molecule has 0 saturated heterocycles. The van der Waals surface area contributed by atoms with Crippen LogP contribution in [0.3, 0.4) is 0 Å². The molecule has 4 aromatic carbocycles. The van der Waals surface area contributed by atoms with Crippen LogP contribution in [0, 0.1) is 0 Å². The number of phenols is 1. The molecule has 0 atom stereocenters. The predicted molar refractivity (Wildman–Crippen MR) is 232 cm³/mol. The molecule has 0 aromatic heterocycles. The summed E-state index contributed by atoms with van der Waals surface area (Å²) in [5.41, 5.74) is 0.250. The van der Waals surface area contributed by atoms with E-state index >= 15 is 0 Å². The quantitative estimate of drug-likeness (QED) is 0.0351. The Balaban J connectivity index is 0.000000400. The van der Waals surface area contributed by atoms with Crippen molar-refractivity contribution in [3.8, 4) is 34.5 Å². The second kappa shape index (κ2) is 28.6. The SMILES string of the molecule is CCCCCCCCCCCc1c(S(=O)(=O)O)ccc(Oc2ccccc2)c1O.CCCCCCCCCCCc1c(S(=O)(=O)[O-])ccc(Oc2ccccc2)c1[O-].[Ca+2]. The third-order valence-electron chi connectivity index (χ3n) is 9.93. The van der Waals surface area contributed by atoms with Gasteiger partial charge in [-0.3, -0.25) is 4.55 Å². The zero-order chi connectivity index (χ0) is 42.2. The average molecular weight is 879 g/mol. The summed E-state index contributed by atoms with van der Waals surface area (Å²) in [7, 11) is -9.13. The number of rotatable bonds is 26. The first kappa shape index (κ1) is 52.3. The van der Waals surface area contributed by atoms with E-state index in [1.807, 2.05) is 24.3 Å². The van der Waals surface area contributed by atoms with Crippen molar-refractivity contribution in [2.45, 2.75) is 152 Å². The molecule has 2 N–H and O–H groups in total. The summed E-state index contributed by atoms with van der Waals surface area (Å²) in [6.07, 6.45) is 20.8. The summed E-state index contributed by atoms with van der Waals surface area (Å²) >= 11 is 0. The summed E-state index contributed by atoms with van der Waals surface area (Å²) in [5, 5.41) is 23.4. The Morgan fingerprint density at radius 1 is 0.508 bits per heavy atom.